The van der Waals surface area contributed by atoms with E-state index in [1.807, 2.05) is 32.0 Å². The molecule has 1 aliphatic carbocycles. The van der Waals surface area contributed by atoms with Crippen LogP contribution in [0.1, 0.15) is 66.0 Å². The Labute approximate surface area is 208 Å². The molecule has 0 saturated heterocycles. The summed E-state index contributed by atoms with van der Waals surface area (Å²) in [5.74, 6) is 1.23. The van der Waals surface area contributed by atoms with Crippen LogP contribution in [0.2, 0.25) is 10.0 Å². The van der Waals surface area contributed by atoms with Gasteiger partial charge in [0.1, 0.15) is 17.5 Å². The molecule has 8 heteroatoms. The van der Waals surface area contributed by atoms with Crippen molar-refractivity contribution >= 4 is 29.1 Å². The minimum Gasteiger partial charge on any atom is -0.455 e. The van der Waals surface area contributed by atoms with Gasteiger partial charge in [0, 0.05) is 15.6 Å². The van der Waals surface area contributed by atoms with Crippen molar-refractivity contribution in [3.05, 3.63) is 81.1 Å². The average Bonchev–Trinajstić information content (AvgIpc) is 3.63. The number of halogens is 3. The first-order chi connectivity index (χ1) is 16.3. The summed E-state index contributed by atoms with van der Waals surface area (Å²) in [5, 5.41) is 11.5. The van der Waals surface area contributed by atoms with E-state index >= 15 is 0 Å². The molecule has 1 saturated carbocycles. The maximum Gasteiger partial charge on any atom is 0.257 e. The van der Waals surface area contributed by atoms with Crippen LogP contribution in [0, 0.1) is 5.92 Å². The number of aromatic nitrogens is 2. The van der Waals surface area contributed by atoms with Crippen LogP contribution in [0.5, 0.6) is 11.5 Å². The molecule has 1 aliphatic rings. The number of nitrogens with one attached hydrogen (secondary N) is 1. The Morgan fingerprint density at radius 2 is 2.00 bits per heavy atom. The zero-order chi connectivity index (χ0) is 24.2. The molecule has 34 heavy (non-hydrogen) atoms. The Balaban J connectivity index is 1.56. The molecule has 0 bridgehead atoms. The predicted octanol–water partition coefficient (Wildman–Crippen LogP) is 7.09. The number of rotatable bonds is 9. The second-order valence-electron chi connectivity index (χ2n) is 8.92. The number of hydrogen-bond acceptors (Lipinski definition) is 4. The molecule has 1 amide bonds. The Bertz CT molecular complexity index is 1180. The molecule has 3 aromatic rings. The van der Waals surface area contributed by atoms with E-state index in [0.29, 0.717) is 28.8 Å². The second-order valence-corrected chi connectivity index (χ2v) is 9.76. The molecule has 1 N–H and O–H groups in total. The number of nitrogens with zero attached hydrogens (tertiary/aromatic N) is 2. The first kappa shape index (κ1) is 24.4. The van der Waals surface area contributed by atoms with Gasteiger partial charge < -0.3 is 10.1 Å². The molecule has 5 nitrogen and oxygen atoms in total. The Morgan fingerprint density at radius 3 is 2.71 bits per heavy atom. The zero-order valence-electron chi connectivity index (χ0n) is 19.0. The fourth-order valence-electron chi connectivity index (χ4n) is 3.77. The fourth-order valence-corrected chi connectivity index (χ4v) is 4.30. The van der Waals surface area contributed by atoms with Crippen LogP contribution in [0.25, 0.3) is 0 Å². The van der Waals surface area contributed by atoms with E-state index in [-0.39, 0.29) is 34.4 Å². The van der Waals surface area contributed by atoms with Gasteiger partial charge >= 0.3 is 0 Å². The number of carbonyl (C=O) groups excluding carboxylic acids is 1. The van der Waals surface area contributed by atoms with Gasteiger partial charge in [0.25, 0.3) is 5.91 Å². The van der Waals surface area contributed by atoms with E-state index in [4.69, 9.17) is 27.9 Å². The molecule has 0 radical (unpaired) electrons. The van der Waals surface area contributed by atoms with E-state index in [2.05, 4.69) is 21.6 Å². The van der Waals surface area contributed by atoms with Crippen molar-refractivity contribution in [3.8, 4) is 11.5 Å². The number of hydrogen-bond donors (Lipinski definition) is 1. The number of benzene rings is 2. The lowest BCUT2D eigenvalue weighted by molar-refractivity contribution is 0.0937. The lowest BCUT2D eigenvalue weighted by Crippen LogP contribution is -2.29. The molecule has 1 aromatic heterocycles. The van der Waals surface area contributed by atoms with Gasteiger partial charge in [-0.3, -0.25) is 4.79 Å². The number of carbonyl (C=O) groups is 1. The van der Waals surface area contributed by atoms with Crippen molar-refractivity contribution in [2.75, 3.05) is 6.54 Å². The maximum absolute atomic E-state index is 14.9. The topological polar surface area (TPSA) is 64.1 Å². The van der Waals surface area contributed by atoms with Gasteiger partial charge in [-0.25, -0.2) is 4.39 Å². The summed E-state index contributed by atoms with van der Waals surface area (Å²) in [5.41, 5.74) is 2.24. The smallest absolute Gasteiger partial charge is 0.257 e. The highest BCUT2D eigenvalue weighted by Gasteiger charge is 2.25. The Hall–Kier alpha value is -2.70. The first-order valence-electron chi connectivity index (χ1n) is 11.3. The second kappa shape index (κ2) is 10.7. The molecule has 178 valence electrons. The van der Waals surface area contributed by atoms with Gasteiger partial charge in [-0.15, -0.1) is 0 Å². The van der Waals surface area contributed by atoms with Crippen LogP contribution in [0.15, 0.2) is 48.7 Å². The third-order valence-electron chi connectivity index (χ3n) is 5.59. The minimum absolute atomic E-state index is 0.208. The van der Waals surface area contributed by atoms with E-state index < -0.39 is 12.1 Å². The van der Waals surface area contributed by atoms with Crippen molar-refractivity contribution in [2.24, 2.45) is 5.92 Å². The monoisotopic (exact) mass is 501 g/mol. The van der Waals surface area contributed by atoms with Crippen LogP contribution >= 0.6 is 23.2 Å². The highest BCUT2D eigenvalue weighted by molar-refractivity contribution is 6.35. The lowest BCUT2D eigenvalue weighted by atomic mass is 10.0. The lowest BCUT2D eigenvalue weighted by Gasteiger charge is -2.17. The van der Waals surface area contributed by atoms with Crippen LogP contribution in [-0.4, -0.2) is 22.6 Å². The highest BCUT2D eigenvalue weighted by Crippen LogP contribution is 2.41. The quantitative estimate of drug-likeness (QED) is 0.339. The maximum atomic E-state index is 14.9. The summed E-state index contributed by atoms with van der Waals surface area (Å²) in [6.45, 7) is 3.78. The van der Waals surface area contributed by atoms with Crippen molar-refractivity contribution in [3.63, 3.8) is 0 Å². The number of amides is 1. The van der Waals surface area contributed by atoms with Crippen molar-refractivity contribution in [2.45, 2.75) is 45.2 Å². The molecular formula is C26H26Cl2FN3O2. The van der Waals surface area contributed by atoms with Gasteiger partial charge in [0.2, 0.25) is 0 Å². The van der Waals surface area contributed by atoms with E-state index in [9.17, 15) is 9.18 Å². The normalized spacial score (nSPS) is 14.2. The van der Waals surface area contributed by atoms with Crippen molar-refractivity contribution in [1.29, 1.82) is 0 Å². The summed E-state index contributed by atoms with van der Waals surface area (Å²) >= 11 is 12.0. The Morgan fingerprint density at radius 1 is 1.21 bits per heavy atom. The Kier molecular flexibility index (Phi) is 7.69. The SMILES string of the molecule is CC(C)Cc1nncc(Oc2cccc(C3CC3)c2)c1C(=O)NCC(F)c1ccc(Cl)cc1Cl. The molecule has 1 unspecified atom stereocenters. The number of ether oxygens (including phenoxy) is 1. The van der Waals surface area contributed by atoms with E-state index in [1.54, 1.807) is 6.07 Å². The van der Waals surface area contributed by atoms with Crippen LogP contribution in [0.4, 0.5) is 4.39 Å². The average molecular weight is 502 g/mol. The van der Waals surface area contributed by atoms with Crippen LogP contribution < -0.4 is 10.1 Å². The van der Waals surface area contributed by atoms with Crippen molar-refractivity contribution < 1.29 is 13.9 Å². The van der Waals surface area contributed by atoms with Gasteiger partial charge in [0.05, 0.1) is 18.4 Å². The predicted molar refractivity (Wildman–Crippen MR) is 132 cm³/mol. The summed E-state index contributed by atoms with van der Waals surface area (Å²) in [6, 6.07) is 12.4. The molecule has 1 fully saturated rings. The van der Waals surface area contributed by atoms with Gasteiger partial charge in [-0.1, -0.05) is 55.2 Å². The molecule has 1 atom stereocenters. The highest BCUT2D eigenvalue weighted by atomic mass is 35.5. The first-order valence-corrected chi connectivity index (χ1v) is 12.1. The standard InChI is InChI=1S/C26H26Cl2FN3O2/c1-15(2)10-23-25(26(33)30-13-22(29)20-9-8-18(27)12-21(20)28)24(14-31-32-23)34-19-5-3-4-17(11-19)16-6-7-16/h3-5,8-9,11-12,14-16,22H,6-7,10,13H2,1-2H3,(H,30,33). The van der Waals surface area contributed by atoms with Gasteiger partial charge in [0.15, 0.2) is 5.75 Å². The third kappa shape index (κ3) is 6.05. The van der Waals surface area contributed by atoms with E-state index in [1.165, 1.54) is 36.7 Å². The molecule has 0 spiro atoms. The molecule has 4 rings (SSSR count). The molecular weight excluding hydrogens is 476 g/mol. The van der Waals surface area contributed by atoms with Crippen LogP contribution in [-0.2, 0) is 6.42 Å². The van der Waals surface area contributed by atoms with Crippen molar-refractivity contribution in [1.82, 2.24) is 15.5 Å². The molecule has 2 aromatic carbocycles. The summed E-state index contributed by atoms with van der Waals surface area (Å²) in [6.07, 6.45) is 2.79. The fraction of sp³-hybridized carbons (Fsp3) is 0.346. The summed E-state index contributed by atoms with van der Waals surface area (Å²) in [4.78, 5) is 13.2. The molecule has 0 aliphatic heterocycles. The molecule has 1 heterocycles. The summed E-state index contributed by atoms with van der Waals surface area (Å²) < 4.78 is 21.0. The van der Waals surface area contributed by atoms with Gasteiger partial charge in [-0.2, -0.15) is 10.2 Å². The minimum atomic E-state index is -1.50. The van der Waals surface area contributed by atoms with E-state index in [0.717, 1.165) is 0 Å². The zero-order valence-corrected chi connectivity index (χ0v) is 20.5. The largest absolute Gasteiger partial charge is 0.455 e. The third-order valence-corrected chi connectivity index (χ3v) is 6.16. The summed E-state index contributed by atoms with van der Waals surface area (Å²) in [7, 11) is 0. The number of alkyl halides is 1. The van der Waals surface area contributed by atoms with Gasteiger partial charge in [-0.05, 0) is 60.9 Å². The van der Waals surface area contributed by atoms with Crippen LogP contribution in [0.3, 0.4) is 0 Å².